The molecule has 0 unspecified atom stereocenters. The van der Waals surface area contributed by atoms with Crippen molar-refractivity contribution in [2.75, 3.05) is 10.8 Å². The predicted octanol–water partition coefficient (Wildman–Crippen LogP) is 1.73. The molecule has 0 radical (unpaired) electrons. The van der Waals surface area contributed by atoms with Crippen LogP contribution >= 0.6 is 11.6 Å². The number of rotatable bonds is 4. The smallest absolute Gasteiger partial charge is 0.326 e. The quantitative estimate of drug-likeness (QED) is 0.817. The average Bonchev–Trinajstić information content (AvgIpc) is 2.30. The Hall–Kier alpha value is -1.55. The van der Waals surface area contributed by atoms with Crippen LogP contribution < -0.4 is 4.90 Å². The summed E-state index contributed by atoms with van der Waals surface area (Å²) in [5.74, 6) is -1.74. The van der Waals surface area contributed by atoms with Gasteiger partial charge in [0.05, 0.1) is 0 Å². The first-order valence-corrected chi connectivity index (χ1v) is 5.27. The molecule has 5 heteroatoms. The van der Waals surface area contributed by atoms with Gasteiger partial charge in [-0.1, -0.05) is 18.2 Å². The van der Waals surface area contributed by atoms with Gasteiger partial charge < -0.3 is 5.11 Å². The van der Waals surface area contributed by atoms with E-state index < -0.39 is 17.9 Å². The molecule has 0 saturated heterocycles. The number of carbonyl (C=O) groups is 2. The van der Waals surface area contributed by atoms with E-state index in [1.807, 2.05) is 0 Å². The van der Waals surface area contributed by atoms with E-state index >= 15 is 0 Å². The second-order valence-electron chi connectivity index (χ2n) is 3.25. The van der Waals surface area contributed by atoms with E-state index in [1.54, 1.807) is 30.3 Å². The maximum absolute atomic E-state index is 11.6. The van der Waals surface area contributed by atoms with Crippen molar-refractivity contribution in [3.8, 4) is 0 Å². The van der Waals surface area contributed by atoms with E-state index in [9.17, 15) is 9.59 Å². The summed E-state index contributed by atoms with van der Waals surface area (Å²) in [7, 11) is 0. The molecule has 0 aromatic heterocycles. The Bertz CT molecular complexity index is 380. The van der Waals surface area contributed by atoms with Crippen molar-refractivity contribution in [1.82, 2.24) is 0 Å². The number of anilines is 1. The molecule has 4 nitrogen and oxygen atoms in total. The molecule has 0 aliphatic heterocycles. The number of nitrogens with zero attached hydrogens (tertiary/aromatic N) is 1. The third-order valence-electron chi connectivity index (χ3n) is 2.16. The second kappa shape index (κ2) is 5.51. The van der Waals surface area contributed by atoms with Crippen LogP contribution in [0.1, 0.15) is 6.92 Å². The fourth-order valence-corrected chi connectivity index (χ4v) is 1.48. The van der Waals surface area contributed by atoms with Crippen LogP contribution in [0.15, 0.2) is 30.3 Å². The molecule has 1 atom stereocenters. The number of carbonyl (C=O) groups excluding carboxylic acids is 1. The number of carboxylic acid groups (broad SMARTS) is 1. The third kappa shape index (κ3) is 2.73. The van der Waals surface area contributed by atoms with E-state index in [1.165, 1.54) is 11.8 Å². The molecule has 1 amide bonds. The summed E-state index contributed by atoms with van der Waals surface area (Å²) in [4.78, 5) is 23.7. The van der Waals surface area contributed by atoms with Crippen LogP contribution in [-0.2, 0) is 9.59 Å². The standard InChI is InChI=1S/C11H12ClNO3/c1-8(11(15)16)13(10(14)7-12)9-5-3-2-4-6-9/h2-6,8H,7H2,1H3,(H,15,16)/t8-/m0/s1. The number of hydrogen-bond acceptors (Lipinski definition) is 2. The summed E-state index contributed by atoms with van der Waals surface area (Å²) < 4.78 is 0. The van der Waals surface area contributed by atoms with Crippen molar-refractivity contribution in [2.24, 2.45) is 0 Å². The van der Waals surface area contributed by atoms with E-state index in [0.717, 1.165) is 0 Å². The monoisotopic (exact) mass is 241 g/mol. The zero-order valence-electron chi connectivity index (χ0n) is 8.76. The van der Waals surface area contributed by atoms with E-state index in [4.69, 9.17) is 16.7 Å². The van der Waals surface area contributed by atoms with E-state index in [0.29, 0.717) is 5.69 Å². The number of carboxylic acids is 1. The lowest BCUT2D eigenvalue weighted by atomic mass is 10.2. The first-order chi connectivity index (χ1) is 7.57. The molecule has 0 fully saturated rings. The van der Waals surface area contributed by atoms with Crippen LogP contribution in [0, 0.1) is 0 Å². The van der Waals surface area contributed by atoms with Crippen molar-refractivity contribution in [2.45, 2.75) is 13.0 Å². The number of halogens is 1. The Morgan fingerprint density at radius 1 is 1.38 bits per heavy atom. The number of para-hydroxylation sites is 1. The summed E-state index contributed by atoms with van der Waals surface area (Å²) in [5.41, 5.74) is 0.531. The summed E-state index contributed by atoms with van der Waals surface area (Å²) in [6.45, 7) is 1.44. The van der Waals surface area contributed by atoms with Crippen molar-refractivity contribution in [3.63, 3.8) is 0 Å². The van der Waals surface area contributed by atoms with Crippen molar-refractivity contribution in [1.29, 1.82) is 0 Å². The zero-order chi connectivity index (χ0) is 12.1. The topological polar surface area (TPSA) is 57.6 Å². The molecule has 1 N–H and O–H groups in total. The Kier molecular flexibility index (Phi) is 4.31. The molecule has 0 bridgehead atoms. The van der Waals surface area contributed by atoms with Gasteiger partial charge in [-0.05, 0) is 19.1 Å². The maximum Gasteiger partial charge on any atom is 0.326 e. The first-order valence-electron chi connectivity index (χ1n) is 4.73. The predicted molar refractivity (Wildman–Crippen MR) is 61.7 cm³/mol. The Morgan fingerprint density at radius 2 is 1.94 bits per heavy atom. The van der Waals surface area contributed by atoms with Crippen LogP contribution in [0.2, 0.25) is 0 Å². The average molecular weight is 242 g/mol. The van der Waals surface area contributed by atoms with Crippen molar-refractivity contribution >= 4 is 29.2 Å². The van der Waals surface area contributed by atoms with Crippen LogP contribution in [0.5, 0.6) is 0 Å². The summed E-state index contributed by atoms with van der Waals surface area (Å²) >= 11 is 5.46. The number of alkyl halides is 1. The molecule has 1 aromatic rings. The number of amides is 1. The lowest BCUT2D eigenvalue weighted by Crippen LogP contribution is -2.44. The highest BCUT2D eigenvalue weighted by Gasteiger charge is 2.26. The Balaban J connectivity index is 3.06. The van der Waals surface area contributed by atoms with Gasteiger partial charge in [-0.2, -0.15) is 0 Å². The summed E-state index contributed by atoms with van der Waals surface area (Å²) in [6, 6.07) is 7.66. The summed E-state index contributed by atoms with van der Waals surface area (Å²) in [5, 5.41) is 8.92. The summed E-state index contributed by atoms with van der Waals surface area (Å²) in [6.07, 6.45) is 0. The molecule has 16 heavy (non-hydrogen) atoms. The van der Waals surface area contributed by atoms with Crippen LogP contribution in [-0.4, -0.2) is 28.9 Å². The minimum atomic E-state index is -1.07. The molecule has 0 saturated carbocycles. The van der Waals surface area contributed by atoms with E-state index in [-0.39, 0.29) is 5.88 Å². The Labute approximate surface area is 98.4 Å². The molecular weight excluding hydrogens is 230 g/mol. The van der Waals surface area contributed by atoms with Crippen LogP contribution in [0.4, 0.5) is 5.69 Å². The third-order valence-corrected chi connectivity index (χ3v) is 2.39. The van der Waals surface area contributed by atoms with E-state index in [2.05, 4.69) is 0 Å². The van der Waals surface area contributed by atoms with Gasteiger partial charge in [0, 0.05) is 5.69 Å². The molecule has 0 aliphatic carbocycles. The minimum absolute atomic E-state index is 0.244. The molecule has 1 rings (SSSR count). The molecule has 1 aromatic carbocycles. The minimum Gasteiger partial charge on any atom is -0.480 e. The van der Waals surface area contributed by atoms with Crippen molar-refractivity contribution in [3.05, 3.63) is 30.3 Å². The number of aliphatic carboxylic acids is 1. The van der Waals surface area contributed by atoms with Crippen LogP contribution in [0.25, 0.3) is 0 Å². The second-order valence-corrected chi connectivity index (χ2v) is 3.51. The van der Waals surface area contributed by atoms with Gasteiger partial charge in [0.15, 0.2) is 0 Å². The fraction of sp³-hybridized carbons (Fsp3) is 0.273. The molecule has 0 spiro atoms. The van der Waals surface area contributed by atoms with Crippen molar-refractivity contribution < 1.29 is 14.7 Å². The van der Waals surface area contributed by atoms with Gasteiger partial charge in [0.1, 0.15) is 11.9 Å². The van der Waals surface area contributed by atoms with Gasteiger partial charge in [-0.3, -0.25) is 9.69 Å². The number of hydrogen-bond donors (Lipinski definition) is 1. The van der Waals surface area contributed by atoms with Gasteiger partial charge in [0.25, 0.3) is 0 Å². The van der Waals surface area contributed by atoms with Gasteiger partial charge in [0.2, 0.25) is 5.91 Å². The van der Waals surface area contributed by atoms with Gasteiger partial charge in [-0.25, -0.2) is 4.79 Å². The molecular formula is C11H12ClNO3. The normalized spacial score (nSPS) is 11.9. The molecule has 0 heterocycles. The van der Waals surface area contributed by atoms with Gasteiger partial charge >= 0.3 is 5.97 Å². The lowest BCUT2D eigenvalue weighted by Gasteiger charge is -2.25. The van der Waals surface area contributed by atoms with Gasteiger partial charge in [-0.15, -0.1) is 11.6 Å². The zero-order valence-corrected chi connectivity index (χ0v) is 9.52. The first kappa shape index (κ1) is 12.5. The number of benzene rings is 1. The van der Waals surface area contributed by atoms with Crippen LogP contribution in [0.3, 0.4) is 0 Å². The maximum atomic E-state index is 11.6. The molecule has 86 valence electrons. The Morgan fingerprint density at radius 3 is 2.38 bits per heavy atom. The lowest BCUT2D eigenvalue weighted by molar-refractivity contribution is -0.139. The highest BCUT2D eigenvalue weighted by Crippen LogP contribution is 2.17. The fourth-order valence-electron chi connectivity index (χ4n) is 1.35. The SMILES string of the molecule is C[C@@H](C(=O)O)N(C(=O)CCl)c1ccccc1. The highest BCUT2D eigenvalue weighted by atomic mass is 35.5. The largest absolute Gasteiger partial charge is 0.480 e. The molecule has 0 aliphatic rings. The highest BCUT2D eigenvalue weighted by molar-refractivity contribution is 6.29.